The molecule has 0 bridgehead atoms. The molecule has 1 aromatic heterocycles. The summed E-state index contributed by atoms with van der Waals surface area (Å²) in [7, 11) is 1.59. The van der Waals surface area contributed by atoms with Gasteiger partial charge in [0.1, 0.15) is 5.75 Å². The molecule has 5 nitrogen and oxygen atoms in total. The maximum atomic E-state index is 12.5. The highest BCUT2D eigenvalue weighted by atomic mass is 32.2. The zero-order valence-corrected chi connectivity index (χ0v) is 15.0. The summed E-state index contributed by atoms with van der Waals surface area (Å²) in [5, 5.41) is 8.13. The molecule has 6 heteroatoms. The van der Waals surface area contributed by atoms with Gasteiger partial charge >= 0.3 is 0 Å². The van der Waals surface area contributed by atoms with Crippen LogP contribution < -0.4 is 4.74 Å². The highest BCUT2D eigenvalue weighted by Crippen LogP contribution is 2.32. The van der Waals surface area contributed by atoms with Gasteiger partial charge in [-0.2, -0.15) is 0 Å². The average molecular weight is 354 g/mol. The van der Waals surface area contributed by atoms with Crippen LogP contribution in [-0.4, -0.2) is 28.3 Å². The largest absolute Gasteiger partial charge is 0.496 e. The van der Waals surface area contributed by atoms with Gasteiger partial charge in [0.05, 0.1) is 17.9 Å². The summed E-state index contributed by atoms with van der Waals surface area (Å²) in [6.07, 6.45) is 0. The molecule has 0 saturated carbocycles. The van der Waals surface area contributed by atoms with Crippen LogP contribution in [0.2, 0.25) is 0 Å². The lowest BCUT2D eigenvalue weighted by Crippen LogP contribution is -2.13. The first kappa shape index (κ1) is 17.2. The third kappa shape index (κ3) is 3.91. The first-order chi connectivity index (χ1) is 12.1. The van der Waals surface area contributed by atoms with Crippen LogP contribution in [0.25, 0.3) is 11.5 Å². The van der Waals surface area contributed by atoms with Crippen molar-refractivity contribution in [1.29, 1.82) is 0 Å². The zero-order chi connectivity index (χ0) is 17.8. The van der Waals surface area contributed by atoms with E-state index in [0.717, 1.165) is 11.1 Å². The molecule has 0 radical (unpaired) electrons. The van der Waals surface area contributed by atoms with Gasteiger partial charge in [-0.25, -0.2) is 0 Å². The van der Waals surface area contributed by atoms with Gasteiger partial charge in [-0.05, 0) is 26.0 Å². The number of para-hydroxylation sites is 1. The van der Waals surface area contributed by atoms with Crippen molar-refractivity contribution in [2.75, 3.05) is 7.11 Å². The summed E-state index contributed by atoms with van der Waals surface area (Å²) in [5.74, 6) is 1.06. The number of carbonyl (C=O) groups is 1. The van der Waals surface area contributed by atoms with E-state index in [-0.39, 0.29) is 11.0 Å². The molecule has 2 aromatic carbocycles. The van der Waals surface area contributed by atoms with Gasteiger partial charge in [0, 0.05) is 5.56 Å². The average Bonchev–Trinajstić information content (AvgIpc) is 3.10. The number of aromatic nitrogens is 2. The number of benzene rings is 2. The number of thioether (sulfide) groups is 1. The highest BCUT2D eigenvalue weighted by molar-refractivity contribution is 8.00. The molecule has 0 aliphatic rings. The first-order valence-corrected chi connectivity index (χ1v) is 8.71. The topological polar surface area (TPSA) is 65.2 Å². The summed E-state index contributed by atoms with van der Waals surface area (Å²) in [6, 6.07) is 15.0. The number of carbonyl (C=O) groups excluding carboxylic acids is 1. The molecule has 3 rings (SSSR count). The Morgan fingerprint density at radius 3 is 2.56 bits per heavy atom. The SMILES string of the molecule is COc1ccccc1-c1nnc(SC(C)C(=O)c2ccc(C)cc2)o1. The predicted molar refractivity (Wildman–Crippen MR) is 97.1 cm³/mol. The van der Waals surface area contributed by atoms with E-state index in [1.54, 1.807) is 7.11 Å². The molecule has 0 aliphatic heterocycles. The quantitative estimate of drug-likeness (QED) is 0.482. The van der Waals surface area contributed by atoms with E-state index >= 15 is 0 Å². The van der Waals surface area contributed by atoms with E-state index in [2.05, 4.69) is 10.2 Å². The van der Waals surface area contributed by atoms with Crippen molar-refractivity contribution in [3.05, 3.63) is 59.7 Å². The Kier molecular flexibility index (Phi) is 5.19. The van der Waals surface area contributed by atoms with Crippen LogP contribution in [0.15, 0.2) is 58.2 Å². The Hall–Kier alpha value is -2.60. The van der Waals surface area contributed by atoms with Gasteiger partial charge in [-0.15, -0.1) is 10.2 Å². The first-order valence-electron chi connectivity index (χ1n) is 7.83. The molecule has 0 fully saturated rings. The Labute approximate surface area is 150 Å². The number of ketones is 1. The molecule has 0 N–H and O–H groups in total. The number of nitrogens with zero attached hydrogens (tertiary/aromatic N) is 2. The van der Waals surface area contributed by atoms with Crippen molar-refractivity contribution in [2.24, 2.45) is 0 Å². The predicted octanol–water partition coefficient (Wildman–Crippen LogP) is 4.42. The summed E-state index contributed by atoms with van der Waals surface area (Å²) < 4.78 is 11.0. The zero-order valence-electron chi connectivity index (χ0n) is 14.2. The summed E-state index contributed by atoms with van der Waals surface area (Å²) in [5.41, 5.74) is 2.52. The lowest BCUT2D eigenvalue weighted by Gasteiger charge is -2.07. The number of hydrogen-bond acceptors (Lipinski definition) is 6. The molecular weight excluding hydrogens is 336 g/mol. The van der Waals surface area contributed by atoms with Crippen molar-refractivity contribution in [1.82, 2.24) is 10.2 Å². The minimum absolute atomic E-state index is 0.0297. The van der Waals surface area contributed by atoms with Crippen LogP contribution in [0, 0.1) is 6.92 Å². The van der Waals surface area contributed by atoms with Crippen molar-refractivity contribution < 1.29 is 13.9 Å². The fourth-order valence-electron chi connectivity index (χ4n) is 2.34. The number of rotatable bonds is 6. The molecule has 1 unspecified atom stereocenters. The van der Waals surface area contributed by atoms with Crippen LogP contribution in [0.5, 0.6) is 5.75 Å². The van der Waals surface area contributed by atoms with Crippen LogP contribution in [0.3, 0.4) is 0 Å². The Morgan fingerprint density at radius 1 is 1.12 bits per heavy atom. The van der Waals surface area contributed by atoms with Crippen LogP contribution in [0.1, 0.15) is 22.8 Å². The lowest BCUT2D eigenvalue weighted by molar-refractivity contribution is 0.0993. The minimum Gasteiger partial charge on any atom is -0.496 e. The van der Waals surface area contributed by atoms with Gasteiger partial charge in [-0.3, -0.25) is 4.79 Å². The molecule has 0 amide bonds. The molecule has 0 spiro atoms. The van der Waals surface area contributed by atoms with E-state index in [4.69, 9.17) is 9.15 Å². The third-order valence-electron chi connectivity index (χ3n) is 3.73. The molecule has 25 heavy (non-hydrogen) atoms. The Morgan fingerprint density at radius 2 is 1.84 bits per heavy atom. The maximum absolute atomic E-state index is 12.5. The number of hydrogen-bond donors (Lipinski definition) is 0. The van der Waals surface area contributed by atoms with Gasteiger partial charge in [-0.1, -0.05) is 53.7 Å². The standard InChI is InChI=1S/C19H18N2O3S/c1-12-8-10-14(11-9-12)17(22)13(2)25-19-21-20-18(24-19)15-6-4-5-7-16(15)23-3/h4-11,13H,1-3H3. The van der Waals surface area contributed by atoms with Crippen LogP contribution in [-0.2, 0) is 0 Å². The van der Waals surface area contributed by atoms with Gasteiger partial charge < -0.3 is 9.15 Å². The third-order valence-corrected chi connectivity index (χ3v) is 4.66. The second kappa shape index (κ2) is 7.53. The minimum atomic E-state index is -0.325. The van der Waals surface area contributed by atoms with Gasteiger partial charge in [0.25, 0.3) is 11.1 Å². The number of methoxy groups -OCH3 is 1. The smallest absolute Gasteiger partial charge is 0.277 e. The normalized spacial score (nSPS) is 12.0. The maximum Gasteiger partial charge on any atom is 0.277 e. The number of Topliss-reactive ketones (excluding diaryl/α,β-unsaturated/α-hetero) is 1. The van der Waals surface area contributed by atoms with E-state index in [1.807, 2.05) is 62.4 Å². The molecule has 1 heterocycles. The molecule has 128 valence electrons. The monoisotopic (exact) mass is 354 g/mol. The number of aryl methyl sites for hydroxylation is 1. The van der Waals surface area contributed by atoms with E-state index in [1.165, 1.54) is 11.8 Å². The number of ether oxygens (including phenoxy) is 1. The van der Waals surface area contributed by atoms with E-state index in [0.29, 0.717) is 22.4 Å². The Bertz CT molecular complexity index is 874. The van der Waals surface area contributed by atoms with Gasteiger partial charge in [0.15, 0.2) is 5.78 Å². The van der Waals surface area contributed by atoms with Crippen LogP contribution >= 0.6 is 11.8 Å². The van der Waals surface area contributed by atoms with Crippen molar-refractivity contribution in [3.63, 3.8) is 0 Å². The van der Waals surface area contributed by atoms with Crippen molar-refractivity contribution in [3.8, 4) is 17.2 Å². The molecule has 1 atom stereocenters. The fourth-order valence-corrected chi connectivity index (χ4v) is 3.11. The summed E-state index contributed by atoms with van der Waals surface area (Å²) in [6.45, 7) is 3.82. The summed E-state index contributed by atoms with van der Waals surface area (Å²) in [4.78, 5) is 12.5. The van der Waals surface area contributed by atoms with Gasteiger partial charge in [0.2, 0.25) is 0 Å². The molecule has 0 saturated heterocycles. The summed E-state index contributed by atoms with van der Waals surface area (Å²) >= 11 is 1.25. The fraction of sp³-hybridized carbons (Fsp3) is 0.211. The van der Waals surface area contributed by atoms with E-state index < -0.39 is 0 Å². The lowest BCUT2D eigenvalue weighted by atomic mass is 10.1. The molecule has 0 aliphatic carbocycles. The second-order valence-electron chi connectivity index (χ2n) is 5.56. The highest BCUT2D eigenvalue weighted by Gasteiger charge is 2.20. The second-order valence-corrected chi connectivity index (χ2v) is 6.86. The Balaban J connectivity index is 1.74. The molecular formula is C19H18N2O3S. The van der Waals surface area contributed by atoms with Crippen molar-refractivity contribution in [2.45, 2.75) is 24.3 Å². The van der Waals surface area contributed by atoms with E-state index in [9.17, 15) is 4.79 Å². The molecule has 3 aromatic rings. The van der Waals surface area contributed by atoms with Crippen molar-refractivity contribution >= 4 is 17.5 Å². The van der Waals surface area contributed by atoms with Crippen LogP contribution in [0.4, 0.5) is 0 Å².